The van der Waals surface area contributed by atoms with Crippen LogP contribution in [0.25, 0.3) is 11.5 Å². The first-order valence-corrected chi connectivity index (χ1v) is 7.30. The van der Waals surface area contributed by atoms with Crippen molar-refractivity contribution in [3.05, 3.63) is 47.4 Å². The van der Waals surface area contributed by atoms with Crippen LogP contribution in [0, 0.1) is 0 Å². The molecule has 3 rings (SSSR count). The van der Waals surface area contributed by atoms with Crippen LogP contribution in [0.4, 0.5) is 8.78 Å². The van der Waals surface area contributed by atoms with Crippen LogP contribution in [-0.4, -0.2) is 29.3 Å². The zero-order valence-electron chi connectivity index (χ0n) is 12.2. The minimum Gasteiger partial charge on any atom is -0.322 e. The Morgan fingerprint density at radius 3 is 2.65 bits per heavy atom. The highest BCUT2D eigenvalue weighted by Gasteiger charge is 2.19. The van der Waals surface area contributed by atoms with Gasteiger partial charge in [0.05, 0.1) is 11.6 Å². The summed E-state index contributed by atoms with van der Waals surface area (Å²) in [6.45, 7) is 2.73. The fourth-order valence-electron chi connectivity index (χ4n) is 2.21. The van der Waals surface area contributed by atoms with Crippen LogP contribution in [0.15, 0.2) is 30.9 Å². The minimum atomic E-state index is -2.65. The average molecular weight is 339 g/mol. The fraction of sp³-hybridized carbons (Fsp3) is 0.286. The summed E-state index contributed by atoms with van der Waals surface area (Å²) >= 11 is 5.76. The third kappa shape index (κ3) is 3.21. The van der Waals surface area contributed by atoms with Gasteiger partial charge in [0.25, 0.3) is 6.43 Å². The average Bonchev–Trinajstić information content (AvgIpc) is 3.15. The van der Waals surface area contributed by atoms with Gasteiger partial charge in [-0.05, 0) is 13.0 Å². The molecule has 3 aromatic heterocycles. The minimum absolute atomic E-state index is 0.209. The molecular weight excluding hydrogens is 326 g/mol. The number of aromatic nitrogens is 6. The van der Waals surface area contributed by atoms with E-state index in [0.29, 0.717) is 28.9 Å². The second-order valence-corrected chi connectivity index (χ2v) is 5.20. The maximum atomic E-state index is 13.0. The van der Waals surface area contributed by atoms with Gasteiger partial charge in [-0.2, -0.15) is 5.10 Å². The first-order valence-electron chi connectivity index (χ1n) is 6.92. The van der Waals surface area contributed by atoms with Crippen LogP contribution in [0.1, 0.15) is 24.9 Å². The highest BCUT2D eigenvalue weighted by atomic mass is 35.5. The van der Waals surface area contributed by atoms with Crippen molar-refractivity contribution in [3.63, 3.8) is 0 Å². The molecule has 0 amide bonds. The molecule has 0 N–H and O–H groups in total. The Bertz CT molecular complexity index is 796. The number of halogens is 3. The highest BCUT2D eigenvalue weighted by molar-refractivity contribution is 6.30. The Kier molecular flexibility index (Phi) is 4.33. The zero-order valence-corrected chi connectivity index (χ0v) is 13.0. The number of rotatable bonds is 5. The van der Waals surface area contributed by atoms with Gasteiger partial charge in [-0.1, -0.05) is 11.6 Å². The molecule has 0 bridgehead atoms. The summed E-state index contributed by atoms with van der Waals surface area (Å²) in [5, 5.41) is 4.57. The van der Waals surface area contributed by atoms with Crippen LogP contribution in [0.5, 0.6) is 0 Å². The smallest absolute Gasteiger partial charge is 0.281 e. The summed E-state index contributed by atoms with van der Waals surface area (Å²) < 4.78 is 29.3. The largest absolute Gasteiger partial charge is 0.322 e. The van der Waals surface area contributed by atoms with E-state index in [1.54, 1.807) is 21.5 Å². The second kappa shape index (κ2) is 6.41. The Balaban J connectivity index is 2.02. The SMILES string of the molecule is CCn1nccc1-c1nc(C(F)F)cn1Cc1ncc(Cl)cn1. The van der Waals surface area contributed by atoms with Crippen LogP contribution in [0.3, 0.4) is 0 Å². The maximum absolute atomic E-state index is 13.0. The molecule has 0 atom stereocenters. The first-order chi connectivity index (χ1) is 11.1. The summed E-state index contributed by atoms with van der Waals surface area (Å²) in [4.78, 5) is 12.2. The van der Waals surface area contributed by atoms with Crippen LogP contribution < -0.4 is 0 Å². The van der Waals surface area contributed by atoms with Crippen molar-refractivity contribution in [2.24, 2.45) is 0 Å². The molecule has 0 aliphatic rings. The van der Waals surface area contributed by atoms with E-state index >= 15 is 0 Å². The van der Waals surface area contributed by atoms with Gasteiger partial charge >= 0.3 is 0 Å². The van der Waals surface area contributed by atoms with Crippen molar-refractivity contribution < 1.29 is 8.78 Å². The zero-order chi connectivity index (χ0) is 16.4. The quantitative estimate of drug-likeness (QED) is 0.716. The monoisotopic (exact) mass is 338 g/mol. The molecule has 23 heavy (non-hydrogen) atoms. The summed E-state index contributed by atoms with van der Waals surface area (Å²) in [6, 6.07) is 1.74. The predicted octanol–water partition coefficient (Wildman–Crippen LogP) is 3.20. The van der Waals surface area contributed by atoms with Gasteiger partial charge in [-0.25, -0.2) is 23.7 Å². The third-order valence-corrected chi connectivity index (χ3v) is 3.44. The van der Waals surface area contributed by atoms with Gasteiger partial charge in [0.15, 0.2) is 5.82 Å². The summed E-state index contributed by atoms with van der Waals surface area (Å²) in [6.07, 6.45) is 3.19. The van der Waals surface area contributed by atoms with E-state index in [9.17, 15) is 8.78 Å². The van der Waals surface area contributed by atoms with Crippen LogP contribution in [0.2, 0.25) is 5.02 Å². The number of hydrogen-bond donors (Lipinski definition) is 0. The molecule has 120 valence electrons. The molecule has 3 heterocycles. The predicted molar refractivity (Wildman–Crippen MR) is 80.2 cm³/mol. The molecule has 0 spiro atoms. The van der Waals surface area contributed by atoms with Crippen molar-refractivity contribution in [2.45, 2.75) is 26.4 Å². The van der Waals surface area contributed by atoms with Crippen molar-refractivity contribution in [3.8, 4) is 11.5 Å². The van der Waals surface area contributed by atoms with E-state index < -0.39 is 6.43 Å². The number of imidazole rings is 1. The molecule has 0 unspecified atom stereocenters. The Morgan fingerprint density at radius 1 is 1.26 bits per heavy atom. The number of nitrogens with zero attached hydrogens (tertiary/aromatic N) is 6. The van der Waals surface area contributed by atoms with Gasteiger partial charge in [0, 0.05) is 31.3 Å². The standard InChI is InChI=1S/C14H13ClF2N6/c1-2-23-11(3-4-20-23)14-21-10(13(16)17)7-22(14)8-12-18-5-9(15)6-19-12/h3-7,13H,2,8H2,1H3. The van der Waals surface area contributed by atoms with Crippen molar-refractivity contribution >= 4 is 11.6 Å². The second-order valence-electron chi connectivity index (χ2n) is 4.77. The molecule has 0 saturated heterocycles. The molecule has 6 nitrogen and oxygen atoms in total. The molecule has 0 saturated carbocycles. The molecular formula is C14H13ClF2N6. The van der Waals surface area contributed by atoms with Gasteiger partial charge in [-0.3, -0.25) is 4.68 Å². The summed E-state index contributed by atoms with van der Waals surface area (Å²) in [5.74, 6) is 0.856. The van der Waals surface area contributed by atoms with Crippen molar-refractivity contribution in [1.29, 1.82) is 0 Å². The highest BCUT2D eigenvalue weighted by Crippen LogP contribution is 2.25. The number of aryl methyl sites for hydroxylation is 1. The van der Waals surface area contributed by atoms with E-state index in [4.69, 9.17) is 11.6 Å². The van der Waals surface area contributed by atoms with E-state index in [1.807, 2.05) is 6.92 Å². The molecule has 0 radical (unpaired) electrons. The Hall–Kier alpha value is -2.35. The molecule has 0 aliphatic carbocycles. The number of hydrogen-bond acceptors (Lipinski definition) is 4. The normalized spacial score (nSPS) is 11.3. The molecule has 9 heteroatoms. The number of alkyl halides is 2. The van der Waals surface area contributed by atoms with Crippen molar-refractivity contribution in [1.82, 2.24) is 29.3 Å². The van der Waals surface area contributed by atoms with Gasteiger partial charge < -0.3 is 4.57 Å². The molecule has 0 aromatic carbocycles. The lowest BCUT2D eigenvalue weighted by Gasteiger charge is -2.08. The van der Waals surface area contributed by atoms with E-state index in [0.717, 1.165) is 0 Å². The van der Waals surface area contributed by atoms with Gasteiger partial charge in [0.2, 0.25) is 0 Å². The lowest BCUT2D eigenvalue weighted by molar-refractivity contribution is 0.146. The van der Waals surface area contributed by atoms with Crippen LogP contribution >= 0.6 is 11.6 Å². The molecule has 3 aromatic rings. The first kappa shape index (κ1) is 15.5. The molecule has 0 fully saturated rings. The maximum Gasteiger partial charge on any atom is 0.281 e. The Labute approximate surface area is 135 Å². The lowest BCUT2D eigenvalue weighted by Crippen LogP contribution is -2.07. The fourth-order valence-corrected chi connectivity index (χ4v) is 2.31. The van der Waals surface area contributed by atoms with Gasteiger partial charge in [-0.15, -0.1) is 0 Å². The van der Waals surface area contributed by atoms with E-state index in [-0.39, 0.29) is 12.2 Å². The van der Waals surface area contributed by atoms with E-state index in [2.05, 4.69) is 20.1 Å². The Morgan fingerprint density at radius 2 is 2.00 bits per heavy atom. The van der Waals surface area contributed by atoms with Crippen molar-refractivity contribution in [2.75, 3.05) is 0 Å². The summed E-state index contributed by atoms with van der Waals surface area (Å²) in [7, 11) is 0. The molecule has 0 aliphatic heterocycles. The van der Waals surface area contributed by atoms with Gasteiger partial charge in [0.1, 0.15) is 17.2 Å². The third-order valence-electron chi connectivity index (χ3n) is 3.25. The topological polar surface area (TPSA) is 61.4 Å². The summed E-state index contributed by atoms with van der Waals surface area (Å²) in [5.41, 5.74) is 0.367. The van der Waals surface area contributed by atoms with Crippen LogP contribution in [-0.2, 0) is 13.1 Å². The van der Waals surface area contributed by atoms with E-state index in [1.165, 1.54) is 18.6 Å². The lowest BCUT2D eigenvalue weighted by atomic mass is 10.4.